The molecule has 2 aromatic carbocycles. The highest BCUT2D eigenvalue weighted by Gasteiger charge is 2.31. The lowest BCUT2D eigenvalue weighted by Gasteiger charge is -2.31. The van der Waals surface area contributed by atoms with E-state index in [9.17, 15) is 13.2 Å². The molecule has 1 heterocycles. The Morgan fingerprint density at radius 3 is 2.68 bits per heavy atom. The van der Waals surface area contributed by atoms with Crippen molar-refractivity contribution in [3.05, 3.63) is 58.1 Å². The average Bonchev–Trinajstić information content (AvgIpc) is 2.60. The Bertz CT molecular complexity index is 940. The molecule has 0 spiro atoms. The van der Waals surface area contributed by atoms with Crippen LogP contribution in [0.1, 0.15) is 27.9 Å². The zero-order valence-corrected chi connectivity index (χ0v) is 15.5. The second-order valence-electron chi connectivity index (χ2n) is 5.95. The highest BCUT2D eigenvalue weighted by atomic mass is 35.5. The molecule has 0 N–H and O–H groups in total. The number of nitrogens with zero attached hydrogens (tertiary/aromatic N) is 1. The normalized spacial score (nSPS) is 14.1. The zero-order valence-electron chi connectivity index (χ0n) is 14.0. The molecule has 132 valence electrons. The van der Waals surface area contributed by atoms with Crippen LogP contribution in [0.15, 0.2) is 41.3 Å². The number of hydrogen-bond donors (Lipinski definition) is 0. The second kappa shape index (κ2) is 6.69. The van der Waals surface area contributed by atoms with Crippen molar-refractivity contribution >= 4 is 33.3 Å². The Morgan fingerprint density at radius 1 is 1.20 bits per heavy atom. The molecule has 0 unspecified atom stereocenters. The number of carbonyl (C=O) groups is 1. The van der Waals surface area contributed by atoms with Crippen LogP contribution in [-0.4, -0.2) is 28.0 Å². The highest BCUT2D eigenvalue weighted by Crippen LogP contribution is 2.35. The number of carbonyl (C=O) groups excluding carboxylic acids is 1. The van der Waals surface area contributed by atoms with Gasteiger partial charge in [0.1, 0.15) is 4.90 Å². The molecule has 0 radical (unpaired) electrons. The number of rotatable bonds is 3. The van der Waals surface area contributed by atoms with Crippen molar-refractivity contribution in [2.24, 2.45) is 0 Å². The van der Waals surface area contributed by atoms with Crippen molar-refractivity contribution in [3.63, 3.8) is 0 Å². The van der Waals surface area contributed by atoms with Crippen molar-refractivity contribution in [2.45, 2.75) is 24.7 Å². The van der Waals surface area contributed by atoms with Gasteiger partial charge in [-0.3, -0.25) is 4.31 Å². The van der Waals surface area contributed by atoms with E-state index < -0.39 is 16.0 Å². The maximum absolute atomic E-state index is 13.2. The van der Waals surface area contributed by atoms with E-state index in [2.05, 4.69) is 4.74 Å². The van der Waals surface area contributed by atoms with E-state index in [1.165, 1.54) is 29.6 Å². The molecule has 25 heavy (non-hydrogen) atoms. The van der Waals surface area contributed by atoms with Gasteiger partial charge in [0.2, 0.25) is 0 Å². The number of esters is 1. The Kier molecular flexibility index (Phi) is 4.75. The molecular formula is C18H18ClNO4S. The van der Waals surface area contributed by atoms with Gasteiger partial charge in [-0.25, -0.2) is 13.2 Å². The minimum absolute atomic E-state index is 0.0758. The van der Waals surface area contributed by atoms with E-state index >= 15 is 0 Å². The standard InChI is InChI=1S/C18H18ClNO4S/c1-12-5-8-16-13(10-12)4-3-9-20(16)25(22,23)17-11-14(18(21)24-2)6-7-15(17)19/h5-8,10-11H,3-4,9H2,1-2H3. The fourth-order valence-corrected chi connectivity index (χ4v) is 5.05. The molecular weight excluding hydrogens is 362 g/mol. The molecule has 2 aromatic rings. The van der Waals surface area contributed by atoms with Gasteiger partial charge in [-0.1, -0.05) is 29.3 Å². The zero-order chi connectivity index (χ0) is 18.2. The van der Waals surface area contributed by atoms with Crippen LogP contribution < -0.4 is 4.31 Å². The van der Waals surface area contributed by atoms with Crippen molar-refractivity contribution in [2.75, 3.05) is 18.0 Å². The quantitative estimate of drug-likeness (QED) is 0.765. The lowest BCUT2D eigenvalue weighted by molar-refractivity contribution is 0.0600. The molecule has 0 bridgehead atoms. The van der Waals surface area contributed by atoms with Crippen LogP contribution in [0.25, 0.3) is 0 Å². The third kappa shape index (κ3) is 3.24. The van der Waals surface area contributed by atoms with Gasteiger partial charge in [0.05, 0.1) is 23.4 Å². The topological polar surface area (TPSA) is 63.7 Å². The summed E-state index contributed by atoms with van der Waals surface area (Å²) < 4.78 is 32.5. The lowest BCUT2D eigenvalue weighted by Crippen LogP contribution is -2.35. The van der Waals surface area contributed by atoms with E-state index in [0.717, 1.165) is 24.0 Å². The van der Waals surface area contributed by atoms with Crippen LogP contribution >= 0.6 is 11.6 Å². The van der Waals surface area contributed by atoms with Gasteiger partial charge in [-0.05, 0) is 49.6 Å². The monoisotopic (exact) mass is 379 g/mol. The Morgan fingerprint density at radius 2 is 1.96 bits per heavy atom. The van der Waals surface area contributed by atoms with Gasteiger partial charge in [-0.15, -0.1) is 0 Å². The summed E-state index contributed by atoms with van der Waals surface area (Å²) in [6, 6.07) is 9.83. The van der Waals surface area contributed by atoms with Crippen molar-refractivity contribution < 1.29 is 17.9 Å². The van der Waals surface area contributed by atoms with Crippen LogP contribution in [0.4, 0.5) is 5.69 Å². The van der Waals surface area contributed by atoms with Gasteiger partial charge >= 0.3 is 5.97 Å². The average molecular weight is 380 g/mol. The van der Waals surface area contributed by atoms with Gasteiger partial charge in [0, 0.05) is 6.54 Å². The predicted octanol–water partition coefficient (Wildman–Crippen LogP) is 3.58. The molecule has 0 aliphatic carbocycles. The first-order chi connectivity index (χ1) is 11.8. The van der Waals surface area contributed by atoms with E-state index in [1.807, 2.05) is 25.1 Å². The molecule has 0 saturated carbocycles. The Labute approximate surface area is 152 Å². The number of halogens is 1. The fraction of sp³-hybridized carbons (Fsp3) is 0.278. The molecule has 1 aliphatic heterocycles. The van der Waals surface area contributed by atoms with Gasteiger partial charge < -0.3 is 4.74 Å². The molecule has 3 rings (SSSR count). The van der Waals surface area contributed by atoms with Gasteiger partial charge in [0.25, 0.3) is 10.0 Å². The first-order valence-corrected chi connectivity index (χ1v) is 9.66. The van der Waals surface area contributed by atoms with Crippen molar-refractivity contribution in [3.8, 4) is 0 Å². The summed E-state index contributed by atoms with van der Waals surface area (Å²) in [6.07, 6.45) is 1.56. The Balaban J connectivity index is 2.11. The van der Waals surface area contributed by atoms with E-state index in [4.69, 9.17) is 11.6 Å². The highest BCUT2D eigenvalue weighted by molar-refractivity contribution is 7.93. The molecule has 1 aliphatic rings. The summed E-state index contributed by atoms with van der Waals surface area (Å²) in [5, 5.41) is 0.0758. The number of benzene rings is 2. The smallest absolute Gasteiger partial charge is 0.337 e. The SMILES string of the molecule is COC(=O)c1ccc(Cl)c(S(=O)(=O)N2CCCc3cc(C)ccc32)c1. The maximum Gasteiger partial charge on any atom is 0.337 e. The largest absolute Gasteiger partial charge is 0.465 e. The predicted molar refractivity (Wildman–Crippen MR) is 96.8 cm³/mol. The van der Waals surface area contributed by atoms with Crippen molar-refractivity contribution in [1.82, 2.24) is 0 Å². The summed E-state index contributed by atoms with van der Waals surface area (Å²) in [5.74, 6) is -0.609. The molecule has 5 nitrogen and oxygen atoms in total. The minimum Gasteiger partial charge on any atom is -0.465 e. The van der Waals surface area contributed by atoms with Gasteiger partial charge in [-0.2, -0.15) is 0 Å². The number of sulfonamides is 1. The summed E-state index contributed by atoms with van der Waals surface area (Å²) in [5.41, 5.74) is 2.89. The molecule has 0 fully saturated rings. The van der Waals surface area contributed by atoms with Crippen LogP contribution in [0.3, 0.4) is 0 Å². The van der Waals surface area contributed by atoms with E-state index in [1.54, 1.807) is 0 Å². The third-order valence-corrected chi connectivity index (χ3v) is 6.53. The van der Waals surface area contributed by atoms with E-state index in [0.29, 0.717) is 12.2 Å². The van der Waals surface area contributed by atoms with Crippen LogP contribution in [0.5, 0.6) is 0 Å². The molecule has 0 atom stereocenters. The van der Waals surface area contributed by atoms with Crippen LogP contribution in [0, 0.1) is 6.92 Å². The summed E-state index contributed by atoms with van der Waals surface area (Å²) in [7, 11) is -2.65. The summed E-state index contributed by atoms with van der Waals surface area (Å²) >= 11 is 6.14. The van der Waals surface area contributed by atoms with E-state index in [-0.39, 0.29) is 15.5 Å². The summed E-state index contributed by atoms with van der Waals surface area (Å²) in [4.78, 5) is 11.7. The van der Waals surface area contributed by atoms with Crippen LogP contribution in [0.2, 0.25) is 5.02 Å². The minimum atomic E-state index is -3.89. The number of ether oxygens (including phenoxy) is 1. The molecule has 0 amide bonds. The number of fused-ring (bicyclic) bond motifs is 1. The first kappa shape index (κ1) is 17.8. The van der Waals surface area contributed by atoms with Gasteiger partial charge in [0.15, 0.2) is 0 Å². The summed E-state index contributed by atoms with van der Waals surface area (Å²) in [6.45, 7) is 2.35. The third-order valence-electron chi connectivity index (χ3n) is 4.23. The fourth-order valence-electron chi connectivity index (χ4n) is 3.01. The number of aryl methyl sites for hydroxylation is 2. The lowest BCUT2D eigenvalue weighted by atomic mass is 10.0. The second-order valence-corrected chi connectivity index (χ2v) is 8.19. The maximum atomic E-state index is 13.2. The van der Waals surface area contributed by atoms with Crippen LogP contribution in [-0.2, 0) is 21.2 Å². The number of methoxy groups -OCH3 is 1. The Hall–Kier alpha value is -2.05. The first-order valence-electron chi connectivity index (χ1n) is 7.84. The number of hydrogen-bond acceptors (Lipinski definition) is 4. The van der Waals surface area contributed by atoms with Crippen molar-refractivity contribution in [1.29, 1.82) is 0 Å². The molecule has 0 saturated heterocycles. The number of anilines is 1. The molecule has 0 aromatic heterocycles. The molecule has 7 heteroatoms.